The van der Waals surface area contributed by atoms with Crippen LogP contribution in [0.1, 0.15) is 23.1 Å². The Kier molecular flexibility index (Phi) is 5.88. The summed E-state index contributed by atoms with van der Waals surface area (Å²) in [6.45, 7) is 0.755. The standard InChI is InChI=1S/C20H20F3NO4S/c1-29(26,27)12-10-19(25)24-11-9-17-14(13-24)3-2-4-18(17)28-16-7-5-15(6-8-16)20(21,22)23/h2-8H,9-13H2,1H3. The molecule has 2 aromatic carbocycles. The maximum absolute atomic E-state index is 12.7. The van der Waals surface area contributed by atoms with Crippen molar-refractivity contribution in [3.63, 3.8) is 0 Å². The van der Waals surface area contributed by atoms with Crippen LogP contribution in [0.5, 0.6) is 11.5 Å². The van der Waals surface area contributed by atoms with Crippen molar-refractivity contribution in [1.29, 1.82) is 0 Å². The van der Waals surface area contributed by atoms with Gasteiger partial charge in [0.25, 0.3) is 0 Å². The molecule has 29 heavy (non-hydrogen) atoms. The zero-order chi connectivity index (χ0) is 21.2. The molecule has 0 saturated carbocycles. The summed E-state index contributed by atoms with van der Waals surface area (Å²) in [5.74, 6) is 0.408. The lowest BCUT2D eigenvalue weighted by atomic mass is 9.98. The van der Waals surface area contributed by atoms with E-state index in [9.17, 15) is 26.4 Å². The first-order valence-electron chi connectivity index (χ1n) is 8.94. The fourth-order valence-corrected chi connectivity index (χ4v) is 3.70. The van der Waals surface area contributed by atoms with Gasteiger partial charge in [-0.3, -0.25) is 4.79 Å². The Balaban J connectivity index is 1.71. The van der Waals surface area contributed by atoms with Gasteiger partial charge in [-0.1, -0.05) is 12.1 Å². The Morgan fingerprint density at radius 3 is 2.45 bits per heavy atom. The van der Waals surface area contributed by atoms with E-state index in [-0.39, 0.29) is 23.8 Å². The van der Waals surface area contributed by atoms with Gasteiger partial charge in [0.2, 0.25) is 5.91 Å². The summed E-state index contributed by atoms with van der Waals surface area (Å²) < 4.78 is 66.4. The van der Waals surface area contributed by atoms with Crippen molar-refractivity contribution in [3.05, 3.63) is 59.2 Å². The molecule has 0 aromatic heterocycles. The Bertz CT molecular complexity index is 1000. The molecular formula is C20H20F3NO4S. The monoisotopic (exact) mass is 427 g/mol. The van der Waals surface area contributed by atoms with Gasteiger partial charge in [0.15, 0.2) is 0 Å². The molecule has 5 nitrogen and oxygen atoms in total. The van der Waals surface area contributed by atoms with Crippen LogP contribution < -0.4 is 4.74 Å². The third-order valence-electron chi connectivity index (χ3n) is 4.67. The molecule has 0 aliphatic carbocycles. The molecule has 0 N–H and O–H groups in total. The van der Waals surface area contributed by atoms with Gasteiger partial charge < -0.3 is 9.64 Å². The van der Waals surface area contributed by atoms with Crippen LogP contribution in [0.3, 0.4) is 0 Å². The number of alkyl halides is 3. The smallest absolute Gasteiger partial charge is 0.416 e. The highest BCUT2D eigenvalue weighted by Gasteiger charge is 2.30. The number of fused-ring (bicyclic) bond motifs is 1. The van der Waals surface area contributed by atoms with Gasteiger partial charge in [-0.2, -0.15) is 13.2 Å². The molecule has 0 bridgehead atoms. The van der Waals surface area contributed by atoms with Gasteiger partial charge in [-0.05, 0) is 42.3 Å². The van der Waals surface area contributed by atoms with Crippen molar-refractivity contribution < 1.29 is 31.1 Å². The maximum Gasteiger partial charge on any atom is 0.416 e. The molecule has 0 atom stereocenters. The van der Waals surface area contributed by atoms with Gasteiger partial charge in [0.1, 0.15) is 21.3 Å². The average molecular weight is 427 g/mol. The molecule has 2 aromatic rings. The Labute approximate surface area is 167 Å². The summed E-state index contributed by atoms with van der Waals surface area (Å²) >= 11 is 0. The quantitative estimate of drug-likeness (QED) is 0.728. The van der Waals surface area contributed by atoms with Crippen LogP contribution in [0, 0.1) is 0 Å². The third kappa shape index (κ3) is 5.50. The molecule has 0 fully saturated rings. The molecule has 1 aliphatic heterocycles. The normalized spacial score (nSPS) is 14.4. The molecule has 0 saturated heterocycles. The van der Waals surface area contributed by atoms with Crippen LogP contribution in [0.25, 0.3) is 0 Å². The number of nitrogens with zero attached hydrogens (tertiary/aromatic N) is 1. The summed E-state index contributed by atoms with van der Waals surface area (Å²) in [5, 5.41) is 0. The lowest BCUT2D eigenvalue weighted by Crippen LogP contribution is -2.36. The second kappa shape index (κ2) is 8.06. The van der Waals surface area contributed by atoms with Crippen molar-refractivity contribution in [3.8, 4) is 11.5 Å². The molecule has 0 spiro atoms. The number of carbonyl (C=O) groups excluding carboxylic acids is 1. The van der Waals surface area contributed by atoms with Gasteiger partial charge in [-0.25, -0.2) is 8.42 Å². The maximum atomic E-state index is 12.7. The minimum Gasteiger partial charge on any atom is -0.457 e. The van der Waals surface area contributed by atoms with E-state index in [4.69, 9.17) is 4.74 Å². The predicted octanol–water partition coefficient (Wildman–Crippen LogP) is 3.82. The van der Waals surface area contributed by atoms with E-state index < -0.39 is 21.6 Å². The van der Waals surface area contributed by atoms with Gasteiger partial charge in [-0.15, -0.1) is 0 Å². The van der Waals surface area contributed by atoms with Crippen molar-refractivity contribution >= 4 is 15.7 Å². The molecule has 1 heterocycles. The minimum absolute atomic E-state index is 0.0596. The Hall–Kier alpha value is -2.55. The Morgan fingerprint density at radius 1 is 1.14 bits per heavy atom. The van der Waals surface area contributed by atoms with Gasteiger partial charge in [0.05, 0.1) is 11.3 Å². The first kappa shape index (κ1) is 21.2. The number of halogens is 3. The lowest BCUT2D eigenvalue weighted by Gasteiger charge is -2.30. The topological polar surface area (TPSA) is 63.7 Å². The highest BCUT2D eigenvalue weighted by Crippen LogP contribution is 2.34. The largest absolute Gasteiger partial charge is 0.457 e. The molecule has 156 valence electrons. The minimum atomic E-state index is -4.41. The number of benzene rings is 2. The summed E-state index contributed by atoms with van der Waals surface area (Å²) in [5.41, 5.74) is 1.01. The van der Waals surface area contributed by atoms with Crippen LogP contribution in [-0.2, 0) is 33.8 Å². The van der Waals surface area contributed by atoms with E-state index in [1.54, 1.807) is 17.0 Å². The molecule has 1 aliphatic rings. The van der Waals surface area contributed by atoms with Crippen molar-refractivity contribution in [2.75, 3.05) is 18.6 Å². The third-order valence-corrected chi connectivity index (χ3v) is 5.62. The summed E-state index contributed by atoms with van der Waals surface area (Å²) in [6.07, 6.45) is -2.86. The van der Waals surface area contributed by atoms with E-state index in [0.717, 1.165) is 29.5 Å². The van der Waals surface area contributed by atoms with E-state index in [1.807, 2.05) is 6.07 Å². The van der Waals surface area contributed by atoms with E-state index in [1.165, 1.54) is 12.1 Å². The van der Waals surface area contributed by atoms with Crippen LogP contribution >= 0.6 is 0 Å². The number of ether oxygens (including phenoxy) is 1. The van der Waals surface area contributed by atoms with Gasteiger partial charge >= 0.3 is 6.18 Å². The fraction of sp³-hybridized carbons (Fsp3) is 0.350. The summed E-state index contributed by atoms with van der Waals surface area (Å²) in [6, 6.07) is 9.81. The Morgan fingerprint density at radius 2 is 1.83 bits per heavy atom. The van der Waals surface area contributed by atoms with Crippen molar-refractivity contribution in [2.45, 2.75) is 25.6 Å². The molecule has 9 heteroatoms. The van der Waals surface area contributed by atoms with Crippen molar-refractivity contribution in [1.82, 2.24) is 4.90 Å². The molecule has 0 radical (unpaired) electrons. The van der Waals surface area contributed by atoms with Crippen LogP contribution in [0.15, 0.2) is 42.5 Å². The number of hydrogen-bond acceptors (Lipinski definition) is 4. The van der Waals surface area contributed by atoms with Crippen LogP contribution in [0.4, 0.5) is 13.2 Å². The van der Waals surface area contributed by atoms with Crippen LogP contribution in [-0.4, -0.2) is 37.8 Å². The first-order chi connectivity index (χ1) is 13.5. The average Bonchev–Trinajstić information content (AvgIpc) is 2.65. The number of carbonyl (C=O) groups is 1. The number of hydrogen-bond donors (Lipinski definition) is 0. The second-order valence-electron chi connectivity index (χ2n) is 6.96. The van der Waals surface area contributed by atoms with E-state index in [0.29, 0.717) is 25.3 Å². The molecule has 1 amide bonds. The molecule has 0 unspecified atom stereocenters. The fourth-order valence-electron chi connectivity index (χ4n) is 3.15. The van der Waals surface area contributed by atoms with Crippen molar-refractivity contribution in [2.24, 2.45) is 0 Å². The highest BCUT2D eigenvalue weighted by molar-refractivity contribution is 7.90. The first-order valence-corrected chi connectivity index (χ1v) is 11.0. The number of amides is 1. The SMILES string of the molecule is CS(=O)(=O)CCC(=O)N1CCc2c(cccc2Oc2ccc(C(F)(F)F)cc2)C1. The summed E-state index contributed by atoms with van der Waals surface area (Å²) in [7, 11) is -3.21. The molecular weight excluding hydrogens is 407 g/mol. The van der Waals surface area contributed by atoms with E-state index in [2.05, 4.69) is 0 Å². The second-order valence-corrected chi connectivity index (χ2v) is 9.22. The molecule has 3 rings (SSSR count). The number of sulfone groups is 1. The van der Waals surface area contributed by atoms with E-state index >= 15 is 0 Å². The van der Waals surface area contributed by atoms with Crippen LogP contribution in [0.2, 0.25) is 0 Å². The van der Waals surface area contributed by atoms with Gasteiger partial charge in [0, 0.05) is 31.3 Å². The summed E-state index contributed by atoms with van der Waals surface area (Å²) in [4.78, 5) is 13.9. The lowest BCUT2D eigenvalue weighted by molar-refractivity contribution is -0.137. The predicted molar refractivity (Wildman–Crippen MR) is 101 cm³/mol. The zero-order valence-corrected chi connectivity index (χ0v) is 16.5. The number of rotatable bonds is 5. The zero-order valence-electron chi connectivity index (χ0n) is 15.7. The highest BCUT2D eigenvalue weighted by atomic mass is 32.2.